The van der Waals surface area contributed by atoms with Gasteiger partial charge in [-0.05, 0) is 24.3 Å². The van der Waals surface area contributed by atoms with Crippen LogP contribution < -0.4 is 4.72 Å². The SMILES string of the molecule is N#Cc1ccccc1NS(=O)(=O)c1cccc2nccnc12. The van der Waals surface area contributed by atoms with Crippen LogP contribution in [0.5, 0.6) is 0 Å². The molecule has 1 N–H and O–H groups in total. The molecule has 0 atom stereocenters. The molecule has 0 aliphatic heterocycles. The third kappa shape index (κ3) is 2.47. The minimum Gasteiger partial charge on any atom is -0.278 e. The molecular formula is C15H10N4O2S. The molecule has 3 rings (SSSR count). The summed E-state index contributed by atoms with van der Waals surface area (Å²) in [6, 6.07) is 13.1. The average Bonchev–Trinajstić information content (AvgIpc) is 2.54. The van der Waals surface area contributed by atoms with Crippen molar-refractivity contribution in [3.8, 4) is 6.07 Å². The molecule has 0 amide bonds. The van der Waals surface area contributed by atoms with E-state index in [1.165, 1.54) is 24.5 Å². The summed E-state index contributed by atoms with van der Waals surface area (Å²) in [6.07, 6.45) is 2.93. The van der Waals surface area contributed by atoms with Gasteiger partial charge in [0.25, 0.3) is 10.0 Å². The van der Waals surface area contributed by atoms with Crippen molar-refractivity contribution in [3.05, 3.63) is 60.4 Å². The van der Waals surface area contributed by atoms with Crippen LogP contribution in [0.2, 0.25) is 0 Å². The fraction of sp³-hybridized carbons (Fsp3) is 0. The Balaban J connectivity index is 2.12. The highest BCUT2D eigenvalue weighted by Gasteiger charge is 2.19. The Morgan fingerprint density at radius 1 is 1.00 bits per heavy atom. The van der Waals surface area contributed by atoms with Crippen molar-refractivity contribution in [2.45, 2.75) is 4.90 Å². The summed E-state index contributed by atoms with van der Waals surface area (Å²) in [5, 5.41) is 9.05. The Kier molecular flexibility index (Phi) is 3.45. The highest BCUT2D eigenvalue weighted by Crippen LogP contribution is 2.23. The minimum atomic E-state index is -3.88. The number of sulfonamides is 1. The van der Waals surface area contributed by atoms with Crippen molar-refractivity contribution in [3.63, 3.8) is 0 Å². The van der Waals surface area contributed by atoms with Gasteiger partial charge in [0.1, 0.15) is 16.5 Å². The van der Waals surface area contributed by atoms with Crippen LogP contribution in [0.1, 0.15) is 5.56 Å². The first-order valence-electron chi connectivity index (χ1n) is 6.33. The molecule has 0 saturated carbocycles. The Bertz CT molecular complexity index is 988. The van der Waals surface area contributed by atoms with Gasteiger partial charge in [-0.25, -0.2) is 8.42 Å². The molecule has 0 saturated heterocycles. The second kappa shape index (κ2) is 5.42. The van der Waals surface area contributed by atoms with Gasteiger partial charge in [0.2, 0.25) is 0 Å². The smallest absolute Gasteiger partial charge is 0.264 e. The van der Waals surface area contributed by atoms with E-state index in [-0.39, 0.29) is 21.7 Å². The van der Waals surface area contributed by atoms with Gasteiger partial charge in [0.05, 0.1) is 16.8 Å². The zero-order chi connectivity index (χ0) is 15.6. The van der Waals surface area contributed by atoms with E-state index in [2.05, 4.69) is 14.7 Å². The second-order valence-corrected chi connectivity index (χ2v) is 6.09. The van der Waals surface area contributed by atoms with Gasteiger partial charge in [0.15, 0.2) is 0 Å². The predicted molar refractivity (Wildman–Crippen MR) is 81.5 cm³/mol. The maximum atomic E-state index is 12.6. The summed E-state index contributed by atoms with van der Waals surface area (Å²) >= 11 is 0. The van der Waals surface area contributed by atoms with E-state index in [9.17, 15) is 8.42 Å². The number of nitriles is 1. The monoisotopic (exact) mass is 310 g/mol. The van der Waals surface area contributed by atoms with Crippen LogP contribution in [0.15, 0.2) is 59.8 Å². The van der Waals surface area contributed by atoms with Crippen LogP contribution in [0, 0.1) is 11.3 Å². The summed E-state index contributed by atoms with van der Waals surface area (Å²) in [6.45, 7) is 0. The van der Waals surface area contributed by atoms with Crippen molar-refractivity contribution < 1.29 is 8.42 Å². The number of hydrogen-bond acceptors (Lipinski definition) is 5. The molecule has 0 radical (unpaired) electrons. The number of anilines is 1. The van der Waals surface area contributed by atoms with Crippen LogP contribution in [0.25, 0.3) is 11.0 Å². The van der Waals surface area contributed by atoms with Crippen molar-refractivity contribution in [2.75, 3.05) is 4.72 Å². The van der Waals surface area contributed by atoms with E-state index in [1.54, 1.807) is 30.3 Å². The molecule has 22 heavy (non-hydrogen) atoms. The summed E-state index contributed by atoms with van der Waals surface area (Å²) in [7, 11) is -3.88. The van der Waals surface area contributed by atoms with Gasteiger partial charge >= 0.3 is 0 Å². The molecule has 7 heteroatoms. The van der Waals surface area contributed by atoms with Crippen LogP contribution >= 0.6 is 0 Å². The Morgan fingerprint density at radius 3 is 2.59 bits per heavy atom. The van der Waals surface area contributed by atoms with Crippen molar-refractivity contribution in [2.24, 2.45) is 0 Å². The highest BCUT2D eigenvalue weighted by atomic mass is 32.2. The lowest BCUT2D eigenvalue weighted by Gasteiger charge is -2.10. The van der Waals surface area contributed by atoms with E-state index in [0.717, 1.165) is 0 Å². The van der Waals surface area contributed by atoms with Gasteiger partial charge in [-0.1, -0.05) is 18.2 Å². The number of rotatable bonds is 3. The second-order valence-electron chi connectivity index (χ2n) is 4.44. The number of para-hydroxylation sites is 2. The van der Waals surface area contributed by atoms with Crippen LogP contribution in [0.4, 0.5) is 5.69 Å². The Morgan fingerprint density at radius 2 is 1.77 bits per heavy atom. The van der Waals surface area contributed by atoms with E-state index in [1.807, 2.05) is 6.07 Å². The molecule has 1 heterocycles. The number of nitrogens with one attached hydrogen (secondary N) is 1. The van der Waals surface area contributed by atoms with Crippen molar-refractivity contribution in [1.82, 2.24) is 9.97 Å². The first kappa shape index (κ1) is 14.0. The minimum absolute atomic E-state index is 0.0193. The summed E-state index contributed by atoms with van der Waals surface area (Å²) in [4.78, 5) is 8.19. The first-order valence-corrected chi connectivity index (χ1v) is 7.82. The fourth-order valence-electron chi connectivity index (χ4n) is 2.05. The number of hydrogen-bond donors (Lipinski definition) is 1. The molecule has 0 bridgehead atoms. The molecule has 0 spiro atoms. The van der Waals surface area contributed by atoms with E-state index >= 15 is 0 Å². The van der Waals surface area contributed by atoms with Gasteiger partial charge < -0.3 is 0 Å². The molecular weight excluding hydrogens is 300 g/mol. The molecule has 1 aromatic heterocycles. The maximum absolute atomic E-state index is 12.6. The lowest BCUT2D eigenvalue weighted by molar-refractivity contribution is 0.602. The molecule has 0 fully saturated rings. The van der Waals surface area contributed by atoms with Crippen molar-refractivity contribution in [1.29, 1.82) is 5.26 Å². The topological polar surface area (TPSA) is 95.7 Å². The number of aromatic nitrogens is 2. The van der Waals surface area contributed by atoms with Gasteiger partial charge in [-0.2, -0.15) is 5.26 Å². The number of benzene rings is 2. The van der Waals surface area contributed by atoms with Gasteiger partial charge in [-0.15, -0.1) is 0 Å². The third-order valence-electron chi connectivity index (χ3n) is 3.04. The first-order chi connectivity index (χ1) is 10.6. The zero-order valence-electron chi connectivity index (χ0n) is 11.3. The lowest BCUT2D eigenvalue weighted by atomic mass is 10.2. The lowest BCUT2D eigenvalue weighted by Crippen LogP contribution is -2.14. The molecule has 0 aliphatic rings. The molecule has 0 aliphatic carbocycles. The summed E-state index contributed by atoms with van der Waals surface area (Å²) < 4.78 is 27.6. The van der Waals surface area contributed by atoms with E-state index in [0.29, 0.717) is 5.52 Å². The number of nitrogens with zero attached hydrogens (tertiary/aromatic N) is 3. The van der Waals surface area contributed by atoms with Gasteiger partial charge in [-0.3, -0.25) is 14.7 Å². The molecule has 0 unspecified atom stereocenters. The third-order valence-corrected chi connectivity index (χ3v) is 4.44. The predicted octanol–water partition coefficient (Wildman–Crippen LogP) is 2.30. The van der Waals surface area contributed by atoms with Gasteiger partial charge in [0, 0.05) is 12.4 Å². The fourth-order valence-corrected chi connectivity index (χ4v) is 3.30. The normalized spacial score (nSPS) is 11.0. The zero-order valence-corrected chi connectivity index (χ0v) is 12.1. The largest absolute Gasteiger partial charge is 0.278 e. The standard InChI is InChI=1S/C15H10N4O2S/c16-10-11-4-1-2-5-12(11)19-22(20,21)14-7-3-6-13-15(14)18-9-8-17-13/h1-9,19H. The van der Waals surface area contributed by atoms with Crippen LogP contribution in [-0.2, 0) is 10.0 Å². The maximum Gasteiger partial charge on any atom is 0.264 e. The summed E-state index contributed by atoms with van der Waals surface area (Å²) in [5.41, 5.74) is 1.24. The Labute approximate surface area is 127 Å². The Hall–Kier alpha value is -2.98. The highest BCUT2D eigenvalue weighted by molar-refractivity contribution is 7.93. The van der Waals surface area contributed by atoms with E-state index in [4.69, 9.17) is 5.26 Å². The summed E-state index contributed by atoms with van der Waals surface area (Å²) in [5.74, 6) is 0. The molecule has 2 aromatic carbocycles. The molecule has 108 valence electrons. The molecule has 3 aromatic rings. The molecule has 6 nitrogen and oxygen atoms in total. The van der Waals surface area contributed by atoms with Crippen molar-refractivity contribution >= 4 is 26.7 Å². The van der Waals surface area contributed by atoms with E-state index < -0.39 is 10.0 Å². The average molecular weight is 310 g/mol. The quantitative estimate of drug-likeness (QED) is 0.800. The number of fused-ring (bicyclic) bond motifs is 1. The van der Waals surface area contributed by atoms with Crippen LogP contribution in [-0.4, -0.2) is 18.4 Å². The van der Waals surface area contributed by atoms with Crippen LogP contribution in [0.3, 0.4) is 0 Å².